The van der Waals surface area contributed by atoms with Gasteiger partial charge in [-0.05, 0) is 142 Å². The first-order valence-corrected chi connectivity index (χ1v) is 21.5. The van der Waals surface area contributed by atoms with Crippen LogP contribution in [0.25, 0.3) is 21.8 Å². The van der Waals surface area contributed by atoms with Crippen LogP contribution < -0.4 is 16.0 Å². The molecule has 2 aromatic heterocycles. The molecule has 3 aliphatic heterocycles. The molecule has 3 saturated heterocycles. The third kappa shape index (κ3) is 10.2. The van der Waals surface area contributed by atoms with Crippen LogP contribution in [0.1, 0.15) is 52.9 Å². The van der Waals surface area contributed by atoms with Crippen LogP contribution in [0.2, 0.25) is 0 Å². The van der Waals surface area contributed by atoms with Crippen LogP contribution in [0.3, 0.4) is 0 Å². The molecule has 6 N–H and O–H groups in total. The standard InChI is InChI=1S/C48H56N6O6/c55-46(56)41(36-12-15-49-24-36)19-30-2-1-3-33(18-30)27-54(28-39-10-8-34-6-4-31(22-44(34)52-39)20-42(47(57)58)37-13-16-50-25-37)29-40-11-9-35-7-5-32(23-45(35)53-40)21-43(48(59)60)38-14-17-51-26-38/h1-11,18,22-23,36-38,41-43,49-51H,12-17,19-21,24-29H2,(H,55,56)(H,57,58)(H,59,60). The molecule has 0 aliphatic carbocycles. The van der Waals surface area contributed by atoms with Crippen molar-refractivity contribution in [1.82, 2.24) is 30.8 Å². The van der Waals surface area contributed by atoms with Crippen LogP contribution in [-0.2, 0) is 53.3 Å². The highest BCUT2D eigenvalue weighted by Crippen LogP contribution is 2.29. The maximum Gasteiger partial charge on any atom is 0.307 e. The molecule has 6 unspecified atom stereocenters. The Hall–Kier alpha value is -5.27. The first-order valence-electron chi connectivity index (χ1n) is 21.5. The van der Waals surface area contributed by atoms with Gasteiger partial charge >= 0.3 is 17.9 Å². The number of fused-ring (bicyclic) bond motifs is 2. The lowest BCUT2D eigenvalue weighted by Gasteiger charge is -2.23. The van der Waals surface area contributed by atoms with Crippen molar-refractivity contribution < 1.29 is 29.7 Å². The van der Waals surface area contributed by atoms with E-state index in [0.717, 1.165) is 114 Å². The number of aliphatic carboxylic acids is 3. The van der Waals surface area contributed by atoms with E-state index < -0.39 is 35.7 Å². The predicted molar refractivity (Wildman–Crippen MR) is 230 cm³/mol. The summed E-state index contributed by atoms with van der Waals surface area (Å²) in [5, 5.41) is 42.2. The van der Waals surface area contributed by atoms with Gasteiger partial charge in [-0.3, -0.25) is 29.3 Å². The van der Waals surface area contributed by atoms with Crippen molar-refractivity contribution in [2.24, 2.45) is 35.5 Å². The highest BCUT2D eigenvalue weighted by atomic mass is 16.4. The topological polar surface area (TPSA) is 177 Å². The highest BCUT2D eigenvalue weighted by Gasteiger charge is 2.33. The monoisotopic (exact) mass is 812 g/mol. The zero-order chi connectivity index (χ0) is 41.6. The number of hydrogen-bond donors (Lipinski definition) is 6. The van der Waals surface area contributed by atoms with Crippen molar-refractivity contribution in [3.8, 4) is 0 Å². The third-order valence-corrected chi connectivity index (χ3v) is 13.1. The maximum atomic E-state index is 12.4. The molecule has 5 heterocycles. The lowest BCUT2D eigenvalue weighted by Crippen LogP contribution is -2.27. The number of carboxylic acids is 3. The van der Waals surface area contributed by atoms with E-state index in [-0.39, 0.29) is 17.8 Å². The van der Waals surface area contributed by atoms with Gasteiger partial charge in [-0.2, -0.15) is 0 Å². The number of pyridine rings is 2. The molecule has 6 atom stereocenters. The number of carbonyl (C=O) groups is 3. The van der Waals surface area contributed by atoms with Gasteiger partial charge in [0.1, 0.15) is 0 Å². The second-order valence-corrected chi connectivity index (χ2v) is 17.3. The molecule has 3 fully saturated rings. The summed E-state index contributed by atoms with van der Waals surface area (Å²) in [7, 11) is 0. The molecular formula is C48H56N6O6. The maximum absolute atomic E-state index is 12.4. The Morgan fingerprint density at radius 3 is 1.33 bits per heavy atom. The van der Waals surface area contributed by atoms with E-state index in [9.17, 15) is 29.7 Å². The molecule has 8 rings (SSSR count). The number of nitrogens with zero attached hydrogens (tertiary/aromatic N) is 3. The predicted octanol–water partition coefficient (Wildman–Crippen LogP) is 5.54. The van der Waals surface area contributed by atoms with Gasteiger partial charge in [-0.1, -0.05) is 60.7 Å². The van der Waals surface area contributed by atoms with E-state index >= 15 is 0 Å². The number of nitrogens with one attached hydrogen (secondary N) is 3. The zero-order valence-electron chi connectivity index (χ0n) is 34.1. The second-order valence-electron chi connectivity index (χ2n) is 17.3. The molecule has 0 radical (unpaired) electrons. The van der Waals surface area contributed by atoms with Gasteiger partial charge < -0.3 is 31.3 Å². The van der Waals surface area contributed by atoms with E-state index in [2.05, 4.69) is 45.1 Å². The summed E-state index contributed by atoms with van der Waals surface area (Å²) >= 11 is 0. The molecule has 0 spiro atoms. The number of carboxylic acid groups (broad SMARTS) is 3. The summed E-state index contributed by atoms with van der Waals surface area (Å²) in [5.74, 6) is -3.33. The first kappa shape index (κ1) is 41.5. The number of hydrogen-bond acceptors (Lipinski definition) is 9. The van der Waals surface area contributed by atoms with Gasteiger partial charge in [0.05, 0.1) is 40.2 Å². The van der Waals surface area contributed by atoms with Gasteiger partial charge in [-0.15, -0.1) is 0 Å². The molecule has 3 aromatic carbocycles. The van der Waals surface area contributed by atoms with Crippen molar-refractivity contribution in [3.05, 3.63) is 119 Å². The minimum absolute atomic E-state index is 0.103. The minimum Gasteiger partial charge on any atom is -0.481 e. The molecule has 0 bridgehead atoms. The quantitative estimate of drug-likeness (QED) is 0.0652. The van der Waals surface area contributed by atoms with E-state index in [1.807, 2.05) is 60.7 Å². The van der Waals surface area contributed by atoms with Crippen LogP contribution in [-0.4, -0.2) is 87.4 Å². The molecule has 60 heavy (non-hydrogen) atoms. The molecule has 0 amide bonds. The molecule has 314 valence electrons. The summed E-state index contributed by atoms with van der Waals surface area (Å²) in [6, 6.07) is 28.6. The van der Waals surface area contributed by atoms with E-state index in [4.69, 9.17) is 9.97 Å². The summed E-state index contributed by atoms with van der Waals surface area (Å²) in [5.41, 5.74) is 7.38. The average Bonchev–Trinajstić information content (AvgIpc) is 4.06. The summed E-state index contributed by atoms with van der Waals surface area (Å²) in [6.07, 6.45) is 3.97. The molecule has 12 heteroatoms. The summed E-state index contributed by atoms with van der Waals surface area (Å²) in [4.78, 5) is 49.5. The van der Waals surface area contributed by atoms with E-state index in [1.54, 1.807) is 0 Å². The van der Waals surface area contributed by atoms with Crippen LogP contribution in [0.15, 0.2) is 84.9 Å². The second kappa shape index (κ2) is 19.0. The van der Waals surface area contributed by atoms with Crippen LogP contribution in [0, 0.1) is 35.5 Å². The largest absolute Gasteiger partial charge is 0.481 e. The van der Waals surface area contributed by atoms with Gasteiger partial charge in [0.15, 0.2) is 0 Å². The SMILES string of the molecule is O=C(O)C(Cc1cccc(CN(Cc2ccc3ccc(CC(C(=O)O)C4CCNC4)cc3n2)Cc2ccc3ccc(CC(C(=O)O)C4CCNC4)cc3n2)c1)C1CCNC1. The number of benzene rings is 3. The number of rotatable bonds is 18. The Bertz CT molecular complexity index is 2200. The normalized spacial score (nSPS) is 20.8. The number of aromatic nitrogens is 2. The van der Waals surface area contributed by atoms with Crippen molar-refractivity contribution in [2.45, 2.75) is 58.2 Å². The minimum atomic E-state index is -0.760. The van der Waals surface area contributed by atoms with Crippen molar-refractivity contribution in [1.29, 1.82) is 0 Å². The van der Waals surface area contributed by atoms with Crippen molar-refractivity contribution >= 4 is 39.7 Å². The fourth-order valence-electron chi connectivity index (χ4n) is 9.77. The summed E-state index contributed by atoms with van der Waals surface area (Å²) in [6.45, 7) is 6.30. The molecule has 0 saturated carbocycles. The smallest absolute Gasteiger partial charge is 0.307 e. The lowest BCUT2D eigenvalue weighted by atomic mass is 9.86. The molecular weight excluding hydrogens is 757 g/mol. The first-order chi connectivity index (χ1) is 29.1. The van der Waals surface area contributed by atoms with Gasteiger partial charge in [0, 0.05) is 30.4 Å². The molecule has 12 nitrogen and oxygen atoms in total. The molecule has 5 aromatic rings. The van der Waals surface area contributed by atoms with Crippen molar-refractivity contribution in [3.63, 3.8) is 0 Å². The van der Waals surface area contributed by atoms with Gasteiger partial charge in [0.2, 0.25) is 0 Å². The highest BCUT2D eigenvalue weighted by molar-refractivity contribution is 5.81. The summed E-state index contributed by atoms with van der Waals surface area (Å²) < 4.78 is 0. The molecule has 3 aliphatic rings. The Balaban J connectivity index is 1.06. The zero-order valence-corrected chi connectivity index (χ0v) is 34.1. The third-order valence-electron chi connectivity index (χ3n) is 13.1. The van der Waals surface area contributed by atoms with E-state index in [1.165, 1.54) is 0 Å². The van der Waals surface area contributed by atoms with Crippen molar-refractivity contribution in [2.75, 3.05) is 39.3 Å². The Kier molecular flexibility index (Phi) is 13.1. The van der Waals surface area contributed by atoms with E-state index in [0.29, 0.717) is 38.9 Å². The lowest BCUT2D eigenvalue weighted by molar-refractivity contribution is -0.144. The Morgan fingerprint density at radius 2 is 0.933 bits per heavy atom. The van der Waals surface area contributed by atoms with Gasteiger partial charge in [-0.25, -0.2) is 0 Å². The fraction of sp³-hybridized carbons (Fsp3) is 0.438. The van der Waals surface area contributed by atoms with Crippen LogP contribution in [0.5, 0.6) is 0 Å². The average molecular weight is 813 g/mol. The van der Waals surface area contributed by atoms with Gasteiger partial charge in [0.25, 0.3) is 0 Å². The Morgan fingerprint density at radius 1 is 0.533 bits per heavy atom. The Labute approximate surface area is 350 Å². The van der Waals surface area contributed by atoms with Crippen LogP contribution >= 0.6 is 0 Å². The fourth-order valence-corrected chi connectivity index (χ4v) is 9.77. The van der Waals surface area contributed by atoms with Crippen LogP contribution in [0.4, 0.5) is 0 Å².